The highest BCUT2D eigenvalue weighted by molar-refractivity contribution is 7.92. The molecule has 0 atom stereocenters. The molecule has 8 heteroatoms. The average Bonchev–Trinajstić information content (AvgIpc) is 2.86. The summed E-state index contributed by atoms with van der Waals surface area (Å²) >= 11 is 0. The van der Waals surface area contributed by atoms with Crippen molar-refractivity contribution < 1.29 is 13.2 Å². The van der Waals surface area contributed by atoms with Gasteiger partial charge in [0.05, 0.1) is 12.1 Å². The third kappa shape index (κ3) is 5.22. The van der Waals surface area contributed by atoms with Gasteiger partial charge < -0.3 is 9.80 Å². The van der Waals surface area contributed by atoms with Crippen molar-refractivity contribution in [3.8, 4) is 0 Å². The number of nitrogens with zero attached hydrogens (tertiary/aromatic N) is 4. The first-order valence-corrected chi connectivity index (χ1v) is 12.9. The number of piperazine rings is 1. The number of rotatable bonds is 7. The number of hydrogen-bond acceptors (Lipinski definition) is 5. The maximum absolute atomic E-state index is 13.2. The summed E-state index contributed by atoms with van der Waals surface area (Å²) in [7, 11) is -3.70. The minimum Gasteiger partial charge on any atom is -0.353 e. The van der Waals surface area contributed by atoms with Crippen molar-refractivity contribution in [3.05, 3.63) is 84.1 Å². The van der Waals surface area contributed by atoms with Crippen LogP contribution in [0.15, 0.2) is 77.8 Å². The Kier molecular flexibility index (Phi) is 7.17. The van der Waals surface area contributed by atoms with Crippen molar-refractivity contribution >= 4 is 27.4 Å². The van der Waals surface area contributed by atoms with Gasteiger partial charge in [0.2, 0.25) is 5.91 Å². The van der Waals surface area contributed by atoms with Crippen LogP contribution in [0.25, 0.3) is 0 Å². The van der Waals surface area contributed by atoms with E-state index >= 15 is 0 Å². The van der Waals surface area contributed by atoms with E-state index in [2.05, 4.69) is 9.88 Å². The summed E-state index contributed by atoms with van der Waals surface area (Å²) in [6.45, 7) is 6.71. The number of para-hydroxylation sites is 1. The van der Waals surface area contributed by atoms with Crippen molar-refractivity contribution in [2.24, 2.45) is 0 Å². The monoisotopic (exact) mass is 478 g/mol. The van der Waals surface area contributed by atoms with E-state index in [1.807, 2.05) is 61.2 Å². The lowest BCUT2D eigenvalue weighted by molar-refractivity contribution is -0.130. The highest BCUT2D eigenvalue weighted by Gasteiger charge is 2.25. The summed E-state index contributed by atoms with van der Waals surface area (Å²) in [5.41, 5.74) is 2.83. The Morgan fingerprint density at radius 1 is 0.941 bits per heavy atom. The first-order chi connectivity index (χ1) is 16.4. The van der Waals surface area contributed by atoms with E-state index in [1.165, 1.54) is 16.1 Å². The molecule has 4 rings (SSSR count). The van der Waals surface area contributed by atoms with Gasteiger partial charge >= 0.3 is 0 Å². The van der Waals surface area contributed by atoms with Gasteiger partial charge in [-0.3, -0.25) is 9.10 Å². The number of carbonyl (C=O) groups is 1. The molecule has 0 spiro atoms. The number of aryl methyl sites for hydroxylation is 1. The number of anilines is 2. The predicted octanol–water partition coefficient (Wildman–Crippen LogP) is 3.50. The zero-order chi connectivity index (χ0) is 24.1. The minimum absolute atomic E-state index is 0.124. The van der Waals surface area contributed by atoms with E-state index in [4.69, 9.17) is 0 Å². The van der Waals surface area contributed by atoms with E-state index in [0.29, 0.717) is 50.6 Å². The average molecular weight is 479 g/mol. The summed E-state index contributed by atoms with van der Waals surface area (Å²) in [4.78, 5) is 21.3. The molecule has 1 amide bonds. The number of hydrogen-bond donors (Lipinski definition) is 0. The normalized spacial score (nSPS) is 14.2. The van der Waals surface area contributed by atoms with Crippen LogP contribution in [0.1, 0.15) is 18.1 Å². The van der Waals surface area contributed by atoms with Gasteiger partial charge in [0, 0.05) is 38.9 Å². The van der Waals surface area contributed by atoms with E-state index in [1.54, 1.807) is 24.3 Å². The zero-order valence-electron chi connectivity index (χ0n) is 19.6. The molecule has 1 aromatic heterocycles. The highest BCUT2D eigenvalue weighted by atomic mass is 32.2. The summed E-state index contributed by atoms with van der Waals surface area (Å²) in [6, 6.07) is 20.5. The van der Waals surface area contributed by atoms with Crippen LogP contribution >= 0.6 is 0 Å². The maximum Gasteiger partial charge on any atom is 0.265 e. The molecule has 7 nitrogen and oxygen atoms in total. The van der Waals surface area contributed by atoms with Crippen LogP contribution < -0.4 is 9.21 Å². The van der Waals surface area contributed by atoms with Crippen LogP contribution in [0, 0.1) is 6.92 Å². The number of carbonyl (C=O) groups excluding carboxylic acids is 1. The van der Waals surface area contributed by atoms with Crippen LogP contribution in [0.3, 0.4) is 0 Å². The molecule has 2 heterocycles. The Hall–Kier alpha value is -3.39. The molecular weight excluding hydrogens is 448 g/mol. The van der Waals surface area contributed by atoms with Crippen LogP contribution in [0.5, 0.6) is 0 Å². The Bertz CT molecular complexity index is 1210. The lowest BCUT2D eigenvalue weighted by atomic mass is 10.1. The van der Waals surface area contributed by atoms with E-state index in [0.717, 1.165) is 5.56 Å². The number of pyridine rings is 1. The van der Waals surface area contributed by atoms with Gasteiger partial charge in [0.15, 0.2) is 0 Å². The quantitative estimate of drug-likeness (QED) is 0.520. The fourth-order valence-electron chi connectivity index (χ4n) is 4.10. The van der Waals surface area contributed by atoms with Gasteiger partial charge in [-0.2, -0.15) is 0 Å². The molecule has 1 saturated heterocycles. The van der Waals surface area contributed by atoms with Crippen molar-refractivity contribution in [1.29, 1.82) is 0 Å². The van der Waals surface area contributed by atoms with E-state index in [9.17, 15) is 13.2 Å². The molecule has 1 aliphatic heterocycles. The van der Waals surface area contributed by atoms with Crippen LogP contribution in [0.2, 0.25) is 0 Å². The van der Waals surface area contributed by atoms with Gasteiger partial charge in [-0.05, 0) is 43.7 Å². The SMILES string of the molecule is CCN(c1ccccc1)S(=O)(=O)c1ccc(N2CCN(C(=O)Cc3ccc(C)cc3)CC2)nc1. The molecule has 178 valence electrons. The molecule has 0 saturated carbocycles. The molecule has 0 aliphatic carbocycles. The standard InChI is InChI=1S/C26H30N4O3S/c1-3-30(23-7-5-4-6-8-23)34(32,33)24-13-14-25(27-20-24)28-15-17-29(18-16-28)26(31)19-22-11-9-21(2)10-12-22/h4-14,20H,3,15-19H2,1-2H3. The minimum atomic E-state index is -3.70. The largest absolute Gasteiger partial charge is 0.353 e. The molecule has 0 bridgehead atoms. The van der Waals surface area contributed by atoms with Gasteiger partial charge in [-0.15, -0.1) is 0 Å². The topological polar surface area (TPSA) is 73.8 Å². The number of aromatic nitrogens is 1. The number of benzene rings is 2. The zero-order valence-corrected chi connectivity index (χ0v) is 20.4. The van der Waals surface area contributed by atoms with E-state index < -0.39 is 10.0 Å². The fourth-order valence-corrected chi connectivity index (χ4v) is 5.52. The molecule has 0 unspecified atom stereocenters. The lowest BCUT2D eigenvalue weighted by Gasteiger charge is -2.35. The Morgan fingerprint density at radius 2 is 1.62 bits per heavy atom. The summed E-state index contributed by atoms with van der Waals surface area (Å²) in [5, 5.41) is 0. The summed E-state index contributed by atoms with van der Waals surface area (Å²) in [6.07, 6.45) is 1.83. The van der Waals surface area contributed by atoms with Gasteiger partial charge in [-0.25, -0.2) is 13.4 Å². The van der Waals surface area contributed by atoms with Crippen LogP contribution in [-0.4, -0.2) is 56.9 Å². The van der Waals surface area contributed by atoms with Crippen molar-refractivity contribution in [2.75, 3.05) is 41.9 Å². The Labute approximate surface area is 201 Å². The molecular formula is C26H30N4O3S. The number of sulfonamides is 1. The van der Waals surface area contributed by atoms with Gasteiger partial charge in [0.1, 0.15) is 10.7 Å². The third-order valence-corrected chi connectivity index (χ3v) is 7.96. The first kappa shape index (κ1) is 23.8. The summed E-state index contributed by atoms with van der Waals surface area (Å²) < 4.78 is 27.7. The molecule has 34 heavy (non-hydrogen) atoms. The predicted molar refractivity (Wildman–Crippen MR) is 135 cm³/mol. The summed E-state index contributed by atoms with van der Waals surface area (Å²) in [5.74, 6) is 0.839. The second-order valence-electron chi connectivity index (χ2n) is 8.39. The lowest BCUT2D eigenvalue weighted by Crippen LogP contribution is -2.49. The van der Waals surface area contributed by atoms with Crippen molar-refractivity contribution in [1.82, 2.24) is 9.88 Å². The van der Waals surface area contributed by atoms with Crippen molar-refractivity contribution in [3.63, 3.8) is 0 Å². The van der Waals surface area contributed by atoms with Crippen LogP contribution in [-0.2, 0) is 21.2 Å². The van der Waals surface area contributed by atoms with Gasteiger partial charge in [-0.1, -0.05) is 48.0 Å². The van der Waals surface area contributed by atoms with Gasteiger partial charge in [0.25, 0.3) is 10.0 Å². The smallest absolute Gasteiger partial charge is 0.265 e. The molecule has 0 N–H and O–H groups in total. The molecule has 0 radical (unpaired) electrons. The second kappa shape index (κ2) is 10.3. The maximum atomic E-state index is 13.2. The van der Waals surface area contributed by atoms with Crippen LogP contribution in [0.4, 0.5) is 11.5 Å². The number of amides is 1. The third-order valence-electron chi connectivity index (χ3n) is 6.07. The van der Waals surface area contributed by atoms with E-state index in [-0.39, 0.29) is 10.8 Å². The fraction of sp³-hybridized carbons (Fsp3) is 0.308. The van der Waals surface area contributed by atoms with Crippen molar-refractivity contribution in [2.45, 2.75) is 25.2 Å². The molecule has 2 aromatic carbocycles. The Morgan fingerprint density at radius 3 is 2.21 bits per heavy atom. The highest BCUT2D eigenvalue weighted by Crippen LogP contribution is 2.24. The molecule has 1 fully saturated rings. The molecule has 1 aliphatic rings. The molecule has 3 aromatic rings. The second-order valence-corrected chi connectivity index (χ2v) is 10.2. The Balaban J connectivity index is 1.38. The first-order valence-electron chi connectivity index (χ1n) is 11.5.